The summed E-state index contributed by atoms with van der Waals surface area (Å²) in [5.74, 6) is 0.628. The van der Waals surface area contributed by atoms with Gasteiger partial charge >= 0.3 is 0 Å². The first-order chi connectivity index (χ1) is 6.27. The minimum atomic E-state index is -0.0210. The van der Waals surface area contributed by atoms with Crippen molar-refractivity contribution in [3.8, 4) is 0 Å². The number of hydrogen-bond donors (Lipinski definition) is 1. The summed E-state index contributed by atoms with van der Waals surface area (Å²) in [6, 6.07) is -0.0210. The fourth-order valence-corrected chi connectivity index (χ4v) is 1.12. The molecule has 1 atom stereocenters. The minimum absolute atomic E-state index is 0.0210. The molecule has 0 amide bonds. The number of hydrogen-bond acceptors (Lipinski definition) is 4. The van der Waals surface area contributed by atoms with Crippen LogP contribution in [-0.2, 0) is 0 Å². The smallest absolute Gasteiger partial charge is 0.218 e. The van der Waals surface area contributed by atoms with E-state index in [9.17, 15) is 0 Å². The van der Waals surface area contributed by atoms with Crippen LogP contribution in [0.3, 0.4) is 0 Å². The Morgan fingerprint density at radius 2 is 2.46 bits per heavy atom. The molecule has 0 fully saturated rings. The number of nitrogen functional groups attached to an aromatic ring is 1. The molecule has 2 aromatic rings. The summed E-state index contributed by atoms with van der Waals surface area (Å²) in [5, 5.41) is 4.06. The van der Waals surface area contributed by atoms with Crippen LogP contribution >= 0.6 is 0 Å². The summed E-state index contributed by atoms with van der Waals surface area (Å²) in [4.78, 5) is 4.03. The van der Waals surface area contributed by atoms with Crippen molar-refractivity contribution in [1.82, 2.24) is 14.8 Å². The number of aromatic nitrogens is 3. The summed E-state index contributed by atoms with van der Waals surface area (Å²) in [5.41, 5.74) is 6.17. The van der Waals surface area contributed by atoms with Crippen LogP contribution in [0.2, 0.25) is 0 Å². The van der Waals surface area contributed by atoms with Crippen LogP contribution in [0.15, 0.2) is 29.3 Å². The van der Waals surface area contributed by atoms with Crippen LogP contribution in [0.1, 0.15) is 18.9 Å². The van der Waals surface area contributed by atoms with E-state index in [1.54, 1.807) is 29.5 Å². The van der Waals surface area contributed by atoms with Crippen LogP contribution in [0, 0.1) is 0 Å². The highest BCUT2D eigenvalue weighted by Crippen LogP contribution is 2.15. The minimum Gasteiger partial charge on any atom is -0.447 e. The molecule has 0 spiro atoms. The lowest BCUT2D eigenvalue weighted by atomic mass is 10.3. The van der Waals surface area contributed by atoms with Gasteiger partial charge < -0.3 is 10.2 Å². The molecule has 68 valence electrons. The fourth-order valence-electron chi connectivity index (χ4n) is 1.12. The molecule has 0 aliphatic heterocycles. The Kier molecular flexibility index (Phi) is 1.77. The van der Waals surface area contributed by atoms with E-state index in [1.165, 1.54) is 0 Å². The largest absolute Gasteiger partial charge is 0.447 e. The third-order valence-corrected chi connectivity index (χ3v) is 1.83. The predicted molar refractivity (Wildman–Crippen MR) is 47.0 cm³/mol. The van der Waals surface area contributed by atoms with Gasteiger partial charge in [0.2, 0.25) is 5.89 Å². The summed E-state index contributed by atoms with van der Waals surface area (Å²) >= 11 is 0. The van der Waals surface area contributed by atoms with E-state index in [0.717, 1.165) is 0 Å². The van der Waals surface area contributed by atoms with E-state index >= 15 is 0 Å². The van der Waals surface area contributed by atoms with Gasteiger partial charge in [0.15, 0.2) is 0 Å². The van der Waals surface area contributed by atoms with Crippen LogP contribution in [0.25, 0.3) is 0 Å². The van der Waals surface area contributed by atoms with Crippen LogP contribution in [-0.4, -0.2) is 14.8 Å². The van der Waals surface area contributed by atoms with Gasteiger partial charge in [-0.3, -0.25) is 4.68 Å². The second kappa shape index (κ2) is 2.93. The average molecular weight is 178 g/mol. The molecular weight excluding hydrogens is 168 g/mol. The standard InChI is InChI=1S/C8H10N4O/c1-6(8-10-2-3-13-8)12-5-7(9)4-11-12/h2-6H,9H2,1H3. The molecular formula is C8H10N4O. The Morgan fingerprint density at radius 3 is 3.00 bits per heavy atom. The highest BCUT2D eigenvalue weighted by Gasteiger charge is 2.12. The molecule has 1 unspecified atom stereocenters. The third-order valence-electron chi connectivity index (χ3n) is 1.83. The monoisotopic (exact) mass is 178 g/mol. The maximum absolute atomic E-state index is 5.54. The van der Waals surface area contributed by atoms with Gasteiger partial charge in [-0.05, 0) is 6.92 Å². The summed E-state index contributed by atoms with van der Waals surface area (Å²) in [6.07, 6.45) is 6.49. The van der Waals surface area contributed by atoms with Crippen molar-refractivity contribution in [2.24, 2.45) is 0 Å². The van der Waals surface area contributed by atoms with Gasteiger partial charge in [-0.15, -0.1) is 0 Å². The quantitative estimate of drug-likeness (QED) is 0.746. The lowest BCUT2D eigenvalue weighted by Gasteiger charge is -2.06. The fraction of sp³-hybridized carbons (Fsp3) is 0.250. The van der Waals surface area contributed by atoms with Gasteiger partial charge in [0.1, 0.15) is 12.3 Å². The summed E-state index contributed by atoms with van der Waals surface area (Å²) in [6.45, 7) is 1.94. The van der Waals surface area contributed by atoms with Gasteiger partial charge in [0.25, 0.3) is 0 Å². The zero-order valence-corrected chi connectivity index (χ0v) is 7.21. The lowest BCUT2D eigenvalue weighted by Crippen LogP contribution is -2.07. The van der Waals surface area contributed by atoms with Crippen molar-refractivity contribution in [3.05, 3.63) is 30.7 Å². The molecule has 2 rings (SSSR count). The molecule has 0 radical (unpaired) electrons. The first kappa shape index (κ1) is 7.85. The Balaban J connectivity index is 2.28. The number of rotatable bonds is 2. The predicted octanol–water partition coefficient (Wildman–Crippen LogP) is 1.06. The SMILES string of the molecule is CC(c1ncco1)n1cc(N)cn1. The van der Waals surface area contributed by atoms with Crippen molar-refractivity contribution in [3.63, 3.8) is 0 Å². The van der Waals surface area contributed by atoms with Gasteiger partial charge in [0, 0.05) is 6.20 Å². The highest BCUT2D eigenvalue weighted by molar-refractivity contribution is 5.30. The second-order valence-corrected chi connectivity index (χ2v) is 2.80. The Hall–Kier alpha value is -1.78. The first-order valence-corrected chi connectivity index (χ1v) is 3.96. The zero-order chi connectivity index (χ0) is 9.26. The summed E-state index contributed by atoms with van der Waals surface area (Å²) in [7, 11) is 0. The Labute approximate surface area is 75.2 Å². The molecule has 2 heterocycles. The molecule has 0 saturated heterocycles. The van der Waals surface area contributed by atoms with Crippen molar-refractivity contribution in [1.29, 1.82) is 0 Å². The van der Waals surface area contributed by atoms with Gasteiger partial charge in [-0.25, -0.2) is 4.98 Å². The Bertz CT molecular complexity index is 379. The highest BCUT2D eigenvalue weighted by atomic mass is 16.3. The number of nitrogens with two attached hydrogens (primary N) is 1. The molecule has 0 bridgehead atoms. The number of nitrogens with zero attached hydrogens (tertiary/aromatic N) is 3. The van der Waals surface area contributed by atoms with Gasteiger partial charge in [0.05, 0.1) is 18.1 Å². The second-order valence-electron chi connectivity index (χ2n) is 2.80. The van der Waals surface area contributed by atoms with E-state index in [1.807, 2.05) is 6.92 Å². The van der Waals surface area contributed by atoms with Crippen molar-refractivity contribution in [2.75, 3.05) is 5.73 Å². The molecule has 0 aliphatic carbocycles. The summed E-state index contributed by atoms with van der Waals surface area (Å²) < 4.78 is 6.86. The van der Waals surface area contributed by atoms with E-state index in [2.05, 4.69) is 10.1 Å². The molecule has 13 heavy (non-hydrogen) atoms. The first-order valence-electron chi connectivity index (χ1n) is 3.96. The maximum Gasteiger partial charge on any atom is 0.218 e. The van der Waals surface area contributed by atoms with Crippen molar-refractivity contribution in [2.45, 2.75) is 13.0 Å². The maximum atomic E-state index is 5.54. The molecule has 0 aliphatic rings. The van der Waals surface area contributed by atoms with Crippen LogP contribution in [0.4, 0.5) is 5.69 Å². The van der Waals surface area contributed by atoms with E-state index in [-0.39, 0.29) is 6.04 Å². The lowest BCUT2D eigenvalue weighted by molar-refractivity contribution is 0.410. The topological polar surface area (TPSA) is 69.9 Å². The Morgan fingerprint density at radius 1 is 1.62 bits per heavy atom. The van der Waals surface area contributed by atoms with Gasteiger partial charge in [-0.2, -0.15) is 5.10 Å². The molecule has 0 aromatic carbocycles. The van der Waals surface area contributed by atoms with E-state index < -0.39 is 0 Å². The van der Waals surface area contributed by atoms with E-state index in [0.29, 0.717) is 11.6 Å². The normalized spacial score (nSPS) is 13.0. The zero-order valence-electron chi connectivity index (χ0n) is 7.21. The molecule has 5 nitrogen and oxygen atoms in total. The average Bonchev–Trinajstić information content (AvgIpc) is 2.72. The number of anilines is 1. The molecule has 2 aromatic heterocycles. The molecule has 2 N–H and O–H groups in total. The molecule has 0 saturated carbocycles. The van der Waals surface area contributed by atoms with Crippen LogP contribution < -0.4 is 5.73 Å². The van der Waals surface area contributed by atoms with Crippen LogP contribution in [0.5, 0.6) is 0 Å². The molecule has 5 heteroatoms. The van der Waals surface area contributed by atoms with Crippen molar-refractivity contribution >= 4 is 5.69 Å². The van der Waals surface area contributed by atoms with Crippen molar-refractivity contribution < 1.29 is 4.42 Å². The third kappa shape index (κ3) is 1.40. The van der Waals surface area contributed by atoms with Gasteiger partial charge in [-0.1, -0.05) is 0 Å². The van der Waals surface area contributed by atoms with E-state index in [4.69, 9.17) is 10.2 Å². The number of oxazole rings is 1.